The largest absolute Gasteiger partial charge is 0.461 e. The lowest BCUT2D eigenvalue weighted by atomic mass is 10.2. The summed E-state index contributed by atoms with van der Waals surface area (Å²) in [6.45, 7) is 3.88. The molecular weight excluding hydrogens is 360 g/mol. The molecule has 0 N–H and O–H groups in total. The fraction of sp³-hybridized carbons (Fsp3) is 0.190. The molecule has 3 rings (SSSR count). The number of nitrogens with zero attached hydrogens (tertiary/aromatic N) is 2. The SMILES string of the molecule is CCOC(=O)c1c(SCC(=O)c2ccccc2)c(C#N)c2cc(C)ccn12. The van der Waals surface area contributed by atoms with Crippen molar-refractivity contribution in [1.82, 2.24) is 4.40 Å². The van der Waals surface area contributed by atoms with Crippen molar-refractivity contribution in [2.45, 2.75) is 18.7 Å². The van der Waals surface area contributed by atoms with E-state index in [1.54, 1.807) is 41.8 Å². The second-order valence-corrected chi connectivity index (χ2v) is 6.91. The second-order valence-electron chi connectivity index (χ2n) is 5.92. The van der Waals surface area contributed by atoms with Crippen molar-refractivity contribution in [3.05, 3.63) is 71.0 Å². The quantitative estimate of drug-likeness (QED) is 0.364. The number of carbonyl (C=O) groups is 2. The van der Waals surface area contributed by atoms with E-state index < -0.39 is 5.97 Å². The van der Waals surface area contributed by atoms with Crippen molar-refractivity contribution in [3.8, 4) is 6.07 Å². The minimum atomic E-state index is -0.507. The number of nitriles is 1. The zero-order valence-corrected chi connectivity index (χ0v) is 15.9. The number of pyridine rings is 1. The molecule has 6 heteroatoms. The van der Waals surface area contributed by atoms with Gasteiger partial charge in [-0.3, -0.25) is 4.79 Å². The Morgan fingerprint density at radius 3 is 2.63 bits per heavy atom. The molecule has 0 fully saturated rings. The van der Waals surface area contributed by atoms with Gasteiger partial charge in [-0.15, -0.1) is 11.8 Å². The Labute approximate surface area is 161 Å². The molecule has 0 saturated carbocycles. The monoisotopic (exact) mass is 378 g/mol. The van der Waals surface area contributed by atoms with Crippen LogP contribution < -0.4 is 0 Å². The van der Waals surface area contributed by atoms with Crippen LogP contribution in [-0.4, -0.2) is 28.5 Å². The first-order valence-electron chi connectivity index (χ1n) is 8.49. The highest BCUT2D eigenvalue weighted by molar-refractivity contribution is 8.00. The Morgan fingerprint density at radius 2 is 1.96 bits per heavy atom. The molecule has 27 heavy (non-hydrogen) atoms. The third-order valence-corrected chi connectivity index (χ3v) is 5.17. The van der Waals surface area contributed by atoms with Crippen LogP contribution in [0.2, 0.25) is 0 Å². The highest BCUT2D eigenvalue weighted by Gasteiger charge is 2.25. The van der Waals surface area contributed by atoms with Crippen LogP contribution in [0.5, 0.6) is 0 Å². The molecule has 2 heterocycles. The van der Waals surface area contributed by atoms with Crippen LogP contribution in [0, 0.1) is 18.3 Å². The minimum absolute atomic E-state index is 0.0641. The Morgan fingerprint density at radius 1 is 1.22 bits per heavy atom. The number of hydrogen-bond donors (Lipinski definition) is 0. The number of Topliss-reactive ketones (excluding diaryl/α,β-unsaturated/α-hetero) is 1. The third-order valence-electron chi connectivity index (χ3n) is 4.07. The Hall–Kier alpha value is -3.04. The molecule has 0 aliphatic heterocycles. The summed E-state index contributed by atoms with van der Waals surface area (Å²) in [4.78, 5) is 25.5. The van der Waals surface area contributed by atoms with E-state index in [1.165, 1.54) is 11.8 Å². The Balaban J connectivity index is 2.04. The van der Waals surface area contributed by atoms with Gasteiger partial charge in [-0.2, -0.15) is 5.26 Å². The fourth-order valence-electron chi connectivity index (χ4n) is 2.82. The average molecular weight is 378 g/mol. The lowest BCUT2D eigenvalue weighted by Crippen LogP contribution is -2.10. The summed E-state index contributed by atoms with van der Waals surface area (Å²) in [6, 6.07) is 14.9. The highest BCUT2D eigenvalue weighted by atomic mass is 32.2. The van der Waals surface area contributed by atoms with Gasteiger partial charge in [0.05, 0.1) is 28.3 Å². The van der Waals surface area contributed by atoms with Gasteiger partial charge in [0.2, 0.25) is 0 Å². The maximum atomic E-state index is 12.6. The number of rotatable bonds is 6. The number of fused-ring (bicyclic) bond motifs is 1. The number of aryl methyl sites for hydroxylation is 1. The third kappa shape index (κ3) is 3.74. The Bertz CT molecular complexity index is 1050. The second kappa shape index (κ2) is 8.11. The molecule has 0 saturated heterocycles. The van der Waals surface area contributed by atoms with Gasteiger partial charge in [0, 0.05) is 11.8 Å². The number of esters is 1. The van der Waals surface area contributed by atoms with Crippen LogP contribution in [0.1, 0.15) is 38.9 Å². The number of ketones is 1. The first kappa shape index (κ1) is 18.7. The van der Waals surface area contributed by atoms with Crippen LogP contribution in [-0.2, 0) is 4.74 Å². The van der Waals surface area contributed by atoms with E-state index >= 15 is 0 Å². The summed E-state index contributed by atoms with van der Waals surface area (Å²) in [6.07, 6.45) is 1.75. The van der Waals surface area contributed by atoms with Crippen LogP contribution in [0.4, 0.5) is 0 Å². The summed E-state index contributed by atoms with van der Waals surface area (Å²) in [5.74, 6) is -0.445. The molecule has 136 valence electrons. The molecule has 5 nitrogen and oxygen atoms in total. The van der Waals surface area contributed by atoms with Gasteiger partial charge >= 0.3 is 5.97 Å². The van der Waals surface area contributed by atoms with Crippen molar-refractivity contribution in [2.24, 2.45) is 0 Å². The number of ether oxygens (including phenoxy) is 1. The fourth-order valence-corrected chi connectivity index (χ4v) is 3.88. The lowest BCUT2D eigenvalue weighted by molar-refractivity contribution is 0.0514. The van der Waals surface area contributed by atoms with E-state index in [4.69, 9.17) is 4.74 Å². The van der Waals surface area contributed by atoms with Gasteiger partial charge in [0.25, 0.3) is 0 Å². The average Bonchev–Trinajstić information content (AvgIpc) is 2.99. The van der Waals surface area contributed by atoms with Crippen molar-refractivity contribution in [3.63, 3.8) is 0 Å². The van der Waals surface area contributed by atoms with Crippen molar-refractivity contribution in [2.75, 3.05) is 12.4 Å². The van der Waals surface area contributed by atoms with Gasteiger partial charge in [-0.05, 0) is 31.5 Å². The standard InChI is InChI=1S/C21H18N2O3S/c1-3-26-21(25)19-20(27-13-18(24)15-7-5-4-6-8-15)16(12-22)17-11-14(2)9-10-23(17)19/h4-11H,3,13H2,1-2H3. The van der Waals surface area contributed by atoms with Crippen molar-refractivity contribution in [1.29, 1.82) is 5.26 Å². The normalized spacial score (nSPS) is 10.6. The number of benzene rings is 1. The number of carbonyl (C=O) groups excluding carboxylic acids is 2. The molecule has 1 aromatic carbocycles. The van der Waals surface area contributed by atoms with Crippen LogP contribution in [0.15, 0.2) is 53.6 Å². The number of hydrogen-bond acceptors (Lipinski definition) is 5. The predicted octanol–water partition coefficient (Wildman–Crippen LogP) is 4.27. The minimum Gasteiger partial charge on any atom is -0.461 e. The van der Waals surface area contributed by atoms with Crippen LogP contribution in [0.3, 0.4) is 0 Å². The summed E-state index contributed by atoms with van der Waals surface area (Å²) in [5, 5.41) is 9.70. The molecular formula is C21H18N2O3S. The van der Waals surface area contributed by atoms with E-state index in [0.29, 0.717) is 21.5 Å². The zero-order valence-electron chi connectivity index (χ0n) is 15.1. The topological polar surface area (TPSA) is 71.6 Å². The maximum absolute atomic E-state index is 12.6. The predicted molar refractivity (Wildman–Crippen MR) is 104 cm³/mol. The molecule has 2 aromatic heterocycles. The van der Waals surface area contributed by atoms with Crippen molar-refractivity contribution >= 4 is 29.0 Å². The molecule has 0 radical (unpaired) electrons. The van der Waals surface area contributed by atoms with E-state index in [0.717, 1.165) is 5.56 Å². The first-order chi connectivity index (χ1) is 13.1. The number of aromatic nitrogens is 1. The molecule has 0 spiro atoms. The van der Waals surface area contributed by atoms with Gasteiger partial charge in [0.1, 0.15) is 11.8 Å². The molecule has 0 aliphatic rings. The molecule has 0 aliphatic carbocycles. The Kier molecular flexibility index (Phi) is 5.63. The molecule has 0 atom stereocenters. The zero-order chi connectivity index (χ0) is 19.4. The van der Waals surface area contributed by atoms with Gasteiger partial charge in [0.15, 0.2) is 5.78 Å². The van der Waals surface area contributed by atoms with E-state index in [9.17, 15) is 14.9 Å². The molecule has 0 bridgehead atoms. The van der Waals surface area contributed by atoms with E-state index in [2.05, 4.69) is 6.07 Å². The van der Waals surface area contributed by atoms with Gasteiger partial charge in [-0.1, -0.05) is 30.3 Å². The highest BCUT2D eigenvalue weighted by Crippen LogP contribution is 2.33. The summed E-state index contributed by atoms with van der Waals surface area (Å²) in [5.41, 5.74) is 2.88. The number of thioether (sulfide) groups is 1. The van der Waals surface area contributed by atoms with Gasteiger partial charge < -0.3 is 9.14 Å². The van der Waals surface area contributed by atoms with Crippen LogP contribution in [0.25, 0.3) is 5.52 Å². The molecule has 3 aromatic rings. The first-order valence-corrected chi connectivity index (χ1v) is 9.48. The van der Waals surface area contributed by atoms with Gasteiger partial charge in [-0.25, -0.2) is 4.79 Å². The molecule has 0 amide bonds. The van der Waals surface area contributed by atoms with Crippen LogP contribution >= 0.6 is 11.8 Å². The molecule has 0 unspecified atom stereocenters. The summed E-state index contributed by atoms with van der Waals surface area (Å²) >= 11 is 1.19. The van der Waals surface area contributed by atoms with Crippen molar-refractivity contribution < 1.29 is 14.3 Å². The van der Waals surface area contributed by atoms with E-state index in [-0.39, 0.29) is 23.8 Å². The maximum Gasteiger partial charge on any atom is 0.356 e. The smallest absolute Gasteiger partial charge is 0.356 e. The summed E-state index contributed by atoms with van der Waals surface area (Å²) in [7, 11) is 0. The summed E-state index contributed by atoms with van der Waals surface area (Å²) < 4.78 is 6.85. The van der Waals surface area contributed by atoms with E-state index in [1.807, 2.05) is 25.1 Å². The lowest BCUT2D eigenvalue weighted by Gasteiger charge is -2.06.